The first-order chi connectivity index (χ1) is 12.1. The molecule has 3 aromatic rings. The number of hydrogen-bond acceptors (Lipinski definition) is 9. The number of nitrogen functional groups attached to an aromatic ring is 1. The number of anilines is 1. The highest BCUT2D eigenvalue weighted by Crippen LogP contribution is 2.24. The number of carbonyl (C=O) groups is 1. The van der Waals surface area contributed by atoms with Crippen LogP contribution in [0.2, 0.25) is 0 Å². The lowest BCUT2D eigenvalue weighted by Crippen LogP contribution is -2.00. The highest BCUT2D eigenvalue weighted by molar-refractivity contribution is 7.99. The van der Waals surface area contributed by atoms with Crippen molar-refractivity contribution in [3.8, 4) is 0 Å². The average Bonchev–Trinajstić information content (AvgIpc) is 3.04. The molecule has 0 bridgehead atoms. The third-order valence-corrected chi connectivity index (χ3v) is 4.90. The van der Waals surface area contributed by atoms with Gasteiger partial charge >= 0.3 is 5.97 Å². The number of methoxy groups -OCH3 is 1. The standard InChI is InChI=1S/C16H16N4O3S2/c1-22-15(21)11-8-23-12-7-18-9(5-10(11)12)3-4-25-16-19-13(17)6-14(20-16)24-2/h5-8H,3-4H2,1-2H3,(H2,17,19,20). The van der Waals surface area contributed by atoms with Crippen molar-refractivity contribution in [3.05, 3.63) is 35.9 Å². The van der Waals surface area contributed by atoms with Crippen LogP contribution in [0.25, 0.3) is 11.0 Å². The molecule has 3 aromatic heterocycles. The van der Waals surface area contributed by atoms with Gasteiger partial charge in [0.2, 0.25) is 0 Å². The van der Waals surface area contributed by atoms with E-state index in [1.165, 1.54) is 36.9 Å². The number of fused-ring (bicyclic) bond motifs is 1. The summed E-state index contributed by atoms with van der Waals surface area (Å²) >= 11 is 3.04. The van der Waals surface area contributed by atoms with Crippen molar-refractivity contribution >= 4 is 46.3 Å². The van der Waals surface area contributed by atoms with E-state index in [4.69, 9.17) is 14.9 Å². The number of thioether (sulfide) groups is 2. The second kappa shape index (κ2) is 7.75. The minimum absolute atomic E-state index is 0.401. The number of nitrogens with zero attached hydrogens (tertiary/aromatic N) is 3. The molecule has 0 fully saturated rings. The van der Waals surface area contributed by atoms with Crippen molar-refractivity contribution in [2.24, 2.45) is 0 Å². The Hall–Kier alpha value is -2.26. The van der Waals surface area contributed by atoms with E-state index in [0.717, 1.165) is 16.5 Å². The first-order valence-corrected chi connectivity index (χ1v) is 9.57. The summed E-state index contributed by atoms with van der Waals surface area (Å²) in [5.74, 6) is 0.770. The van der Waals surface area contributed by atoms with Crippen LogP contribution in [0.1, 0.15) is 16.1 Å². The zero-order valence-electron chi connectivity index (χ0n) is 13.7. The van der Waals surface area contributed by atoms with Crippen molar-refractivity contribution in [1.29, 1.82) is 0 Å². The Kier molecular flexibility index (Phi) is 5.44. The van der Waals surface area contributed by atoms with E-state index in [0.29, 0.717) is 33.9 Å². The van der Waals surface area contributed by atoms with Crippen LogP contribution in [0.3, 0.4) is 0 Å². The fraction of sp³-hybridized carbons (Fsp3) is 0.250. The van der Waals surface area contributed by atoms with Crippen molar-refractivity contribution in [2.75, 3.05) is 24.9 Å². The lowest BCUT2D eigenvalue weighted by atomic mass is 10.1. The lowest BCUT2D eigenvalue weighted by molar-refractivity contribution is 0.0602. The van der Waals surface area contributed by atoms with Gasteiger partial charge < -0.3 is 14.9 Å². The van der Waals surface area contributed by atoms with Crippen LogP contribution >= 0.6 is 23.5 Å². The summed E-state index contributed by atoms with van der Waals surface area (Å²) in [6, 6.07) is 3.59. The number of hydrogen-bond donors (Lipinski definition) is 1. The number of carbonyl (C=O) groups excluding carboxylic acids is 1. The fourth-order valence-electron chi connectivity index (χ4n) is 2.22. The molecule has 7 nitrogen and oxygen atoms in total. The summed E-state index contributed by atoms with van der Waals surface area (Å²) in [7, 11) is 1.34. The van der Waals surface area contributed by atoms with Crippen LogP contribution < -0.4 is 5.73 Å². The van der Waals surface area contributed by atoms with E-state index < -0.39 is 5.97 Å². The summed E-state index contributed by atoms with van der Waals surface area (Å²) in [6.07, 6.45) is 5.64. The molecular weight excluding hydrogens is 360 g/mol. The van der Waals surface area contributed by atoms with Crippen molar-refractivity contribution in [3.63, 3.8) is 0 Å². The van der Waals surface area contributed by atoms with Gasteiger partial charge in [-0.15, -0.1) is 11.8 Å². The maximum Gasteiger partial charge on any atom is 0.341 e. The van der Waals surface area contributed by atoms with E-state index in [1.807, 2.05) is 12.3 Å². The maximum absolute atomic E-state index is 11.8. The summed E-state index contributed by atoms with van der Waals surface area (Å²) in [5.41, 5.74) is 7.59. The number of aromatic nitrogens is 3. The van der Waals surface area contributed by atoms with Gasteiger partial charge in [0.25, 0.3) is 0 Å². The van der Waals surface area contributed by atoms with Gasteiger partial charge in [-0.2, -0.15) is 0 Å². The normalized spacial score (nSPS) is 11.0. The Morgan fingerprint density at radius 2 is 2.20 bits per heavy atom. The molecule has 0 spiro atoms. The Balaban J connectivity index is 1.71. The Morgan fingerprint density at radius 1 is 1.36 bits per heavy atom. The Morgan fingerprint density at radius 3 is 2.96 bits per heavy atom. The monoisotopic (exact) mass is 376 g/mol. The summed E-state index contributed by atoms with van der Waals surface area (Å²) in [4.78, 5) is 24.7. The van der Waals surface area contributed by atoms with Crippen LogP contribution in [-0.4, -0.2) is 40.0 Å². The van der Waals surface area contributed by atoms with Gasteiger partial charge in [-0.3, -0.25) is 4.98 Å². The molecule has 0 unspecified atom stereocenters. The van der Waals surface area contributed by atoms with E-state index >= 15 is 0 Å². The smallest absolute Gasteiger partial charge is 0.341 e. The first-order valence-electron chi connectivity index (χ1n) is 7.36. The molecule has 0 radical (unpaired) electrons. The summed E-state index contributed by atoms with van der Waals surface area (Å²) in [5, 5.41) is 2.19. The molecule has 3 heterocycles. The highest BCUT2D eigenvalue weighted by Gasteiger charge is 2.15. The number of esters is 1. The molecule has 0 amide bonds. The van der Waals surface area contributed by atoms with Crippen LogP contribution in [-0.2, 0) is 11.2 Å². The number of rotatable bonds is 6. The number of pyridine rings is 1. The Bertz CT molecular complexity index is 914. The molecular formula is C16H16N4O3S2. The number of furan rings is 1. The predicted molar refractivity (Wildman–Crippen MR) is 98.0 cm³/mol. The topological polar surface area (TPSA) is 104 Å². The molecule has 2 N–H and O–H groups in total. The summed E-state index contributed by atoms with van der Waals surface area (Å²) in [6.45, 7) is 0. The maximum atomic E-state index is 11.8. The van der Waals surface area contributed by atoms with Gasteiger partial charge in [0.1, 0.15) is 22.7 Å². The van der Waals surface area contributed by atoms with Gasteiger partial charge in [0.15, 0.2) is 10.7 Å². The molecule has 25 heavy (non-hydrogen) atoms. The minimum Gasteiger partial charge on any atom is -0.465 e. The Labute approximate surface area is 152 Å². The molecule has 0 aliphatic carbocycles. The second-order valence-electron chi connectivity index (χ2n) is 5.03. The van der Waals surface area contributed by atoms with Gasteiger partial charge in [0.05, 0.1) is 13.3 Å². The molecule has 130 valence electrons. The zero-order chi connectivity index (χ0) is 17.8. The number of ether oxygens (including phenoxy) is 1. The lowest BCUT2D eigenvalue weighted by Gasteiger charge is -2.04. The van der Waals surface area contributed by atoms with E-state index in [9.17, 15) is 4.79 Å². The van der Waals surface area contributed by atoms with Crippen molar-refractivity contribution in [2.45, 2.75) is 16.6 Å². The molecule has 0 aliphatic rings. The molecule has 0 saturated carbocycles. The summed E-state index contributed by atoms with van der Waals surface area (Å²) < 4.78 is 10.1. The van der Waals surface area contributed by atoms with E-state index in [1.54, 1.807) is 12.3 Å². The molecule has 0 aliphatic heterocycles. The first kappa shape index (κ1) is 17.6. The minimum atomic E-state index is -0.428. The third-order valence-electron chi connectivity index (χ3n) is 3.42. The van der Waals surface area contributed by atoms with Crippen LogP contribution in [0.5, 0.6) is 0 Å². The van der Waals surface area contributed by atoms with E-state index in [2.05, 4.69) is 15.0 Å². The molecule has 9 heteroatoms. The number of aryl methyl sites for hydroxylation is 1. The van der Waals surface area contributed by atoms with Gasteiger partial charge in [-0.05, 0) is 18.7 Å². The van der Waals surface area contributed by atoms with Gasteiger partial charge in [-0.1, -0.05) is 11.8 Å². The van der Waals surface area contributed by atoms with E-state index in [-0.39, 0.29) is 0 Å². The SMILES string of the molecule is COC(=O)c1coc2cnc(CCSc3nc(N)cc(SC)n3)cc12. The second-order valence-corrected chi connectivity index (χ2v) is 6.92. The molecule has 0 saturated heterocycles. The molecule has 3 rings (SSSR count). The quantitative estimate of drug-likeness (QED) is 0.301. The molecule has 0 atom stereocenters. The average molecular weight is 376 g/mol. The highest BCUT2D eigenvalue weighted by atomic mass is 32.2. The third kappa shape index (κ3) is 4.05. The zero-order valence-corrected chi connectivity index (χ0v) is 15.3. The predicted octanol–water partition coefficient (Wildman–Crippen LogP) is 3.04. The van der Waals surface area contributed by atoms with Crippen molar-refractivity contribution < 1.29 is 13.9 Å². The van der Waals surface area contributed by atoms with Crippen LogP contribution in [0.4, 0.5) is 5.82 Å². The largest absolute Gasteiger partial charge is 0.465 e. The van der Waals surface area contributed by atoms with Gasteiger partial charge in [0, 0.05) is 22.9 Å². The van der Waals surface area contributed by atoms with Gasteiger partial charge in [-0.25, -0.2) is 14.8 Å². The molecule has 0 aromatic carbocycles. The van der Waals surface area contributed by atoms with Crippen LogP contribution in [0, 0.1) is 0 Å². The fourth-order valence-corrected chi connectivity index (χ4v) is 3.52. The van der Waals surface area contributed by atoms with Crippen LogP contribution in [0.15, 0.2) is 39.2 Å². The number of nitrogens with two attached hydrogens (primary N) is 1. The van der Waals surface area contributed by atoms with Crippen molar-refractivity contribution in [1.82, 2.24) is 15.0 Å².